The molecular formula is C20H19N3O2. The van der Waals surface area contributed by atoms with Crippen molar-refractivity contribution < 1.29 is 9.90 Å². The Morgan fingerprint density at radius 1 is 1.16 bits per heavy atom. The molecule has 0 saturated heterocycles. The topological polar surface area (TPSA) is 67.2 Å². The van der Waals surface area contributed by atoms with Crippen LogP contribution in [0.4, 0.5) is 0 Å². The number of para-hydroxylation sites is 1. The summed E-state index contributed by atoms with van der Waals surface area (Å²) in [5, 5.41) is 17.7. The van der Waals surface area contributed by atoms with E-state index in [4.69, 9.17) is 0 Å². The molecule has 5 nitrogen and oxygen atoms in total. The van der Waals surface area contributed by atoms with Crippen molar-refractivity contribution in [2.75, 3.05) is 0 Å². The summed E-state index contributed by atoms with van der Waals surface area (Å²) in [4.78, 5) is 12.7. The molecule has 1 aliphatic rings. The molecule has 2 N–H and O–H groups in total. The number of rotatable bonds is 3. The van der Waals surface area contributed by atoms with E-state index >= 15 is 0 Å². The Bertz CT molecular complexity index is 918. The van der Waals surface area contributed by atoms with Gasteiger partial charge in [-0.05, 0) is 30.2 Å². The Labute approximate surface area is 145 Å². The summed E-state index contributed by atoms with van der Waals surface area (Å²) in [6.45, 7) is 1.81. The van der Waals surface area contributed by atoms with Crippen LogP contribution in [-0.2, 0) is 6.42 Å². The van der Waals surface area contributed by atoms with Crippen LogP contribution in [0.25, 0.3) is 5.69 Å². The van der Waals surface area contributed by atoms with Crippen LogP contribution >= 0.6 is 0 Å². The Balaban J connectivity index is 1.59. The Hall–Kier alpha value is -2.92. The molecule has 1 aliphatic carbocycles. The first-order valence-corrected chi connectivity index (χ1v) is 8.32. The quantitative estimate of drug-likeness (QED) is 0.774. The number of carbonyl (C=O) groups is 1. The van der Waals surface area contributed by atoms with Crippen molar-refractivity contribution in [3.8, 4) is 5.69 Å². The minimum absolute atomic E-state index is 0.222. The van der Waals surface area contributed by atoms with Crippen molar-refractivity contribution in [2.24, 2.45) is 0 Å². The van der Waals surface area contributed by atoms with E-state index in [1.807, 2.05) is 61.5 Å². The average Bonchev–Trinajstić information content (AvgIpc) is 3.16. The number of nitrogens with one attached hydrogen (secondary N) is 1. The first-order valence-electron chi connectivity index (χ1n) is 8.32. The first kappa shape index (κ1) is 15.6. The lowest BCUT2D eigenvalue weighted by molar-refractivity contribution is 0.0857. The van der Waals surface area contributed by atoms with Crippen molar-refractivity contribution in [1.82, 2.24) is 15.1 Å². The van der Waals surface area contributed by atoms with Gasteiger partial charge in [0.1, 0.15) is 0 Å². The van der Waals surface area contributed by atoms with E-state index in [0.29, 0.717) is 17.7 Å². The normalized spacial score (nSPS) is 18.8. The Morgan fingerprint density at radius 2 is 1.88 bits per heavy atom. The van der Waals surface area contributed by atoms with E-state index in [9.17, 15) is 9.90 Å². The number of carbonyl (C=O) groups excluding carboxylic acids is 1. The van der Waals surface area contributed by atoms with E-state index in [2.05, 4.69) is 10.4 Å². The summed E-state index contributed by atoms with van der Waals surface area (Å²) in [5.74, 6) is -0.222. The first-order chi connectivity index (χ1) is 12.1. The lowest BCUT2D eigenvalue weighted by Gasteiger charge is -2.17. The van der Waals surface area contributed by atoms with Crippen LogP contribution in [-0.4, -0.2) is 26.9 Å². The summed E-state index contributed by atoms with van der Waals surface area (Å²) < 4.78 is 1.70. The molecule has 0 bridgehead atoms. The van der Waals surface area contributed by atoms with Gasteiger partial charge in [0.05, 0.1) is 29.1 Å². The lowest BCUT2D eigenvalue weighted by atomic mass is 10.1. The third-order valence-electron chi connectivity index (χ3n) is 4.65. The number of amides is 1. The fraction of sp³-hybridized carbons (Fsp3) is 0.200. The monoisotopic (exact) mass is 333 g/mol. The number of aryl methyl sites for hydroxylation is 1. The van der Waals surface area contributed by atoms with Crippen LogP contribution in [0, 0.1) is 6.92 Å². The van der Waals surface area contributed by atoms with Crippen LogP contribution in [0.1, 0.15) is 33.2 Å². The third-order valence-corrected chi connectivity index (χ3v) is 4.65. The van der Waals surface area contributed by atoms with Crippen molar-refractivity contribution in [1.29, 1.82) is 0 Å². The minimum Gasteiger partial charge on any atom is -0.390 e. The number of aromatic nitrogens is 2. The van der Waals surface area contributed by atoms with Gasteiger partial charge in [0.25, 0.3) is 5.91 Å². The predicted octanol–water partition coefficient (Wildman–Crippen LogP) is 2.57. The summed E-state index contributed by atoms with van der Waals surface area (Å²) in [7, 11) is 0. The molecule has 0 fully saturated rings. The van der Waals surface area contributed by atoms with Gasteiger partial charge in [0.15, 0.2) is 0 Å². The smallest absolute Gasteiger partial charge is 0.255 e. The highest BCUT2D eigenvalue weighted by atomic mass is 16.3. The molecule has 3 aromatic rings. The Kier molecular flexibility index (Phi) is 3.86. The molecule has 2 atom stereocenters. The fourth-order valence-corrected chi connectivity index (χ4v) is 3.36. The number of nitrogens with zero attached hydrogens (tertiary/aromatic N) is 2. The van der Waals surface area contributed by atoms with Crippen molar-refractivity contribution in [3.05, 3.63) is 83.2 Å². The van der Waals surface area contributed by atoms with Gasteiger partial charge < -0.3 is 10.4 Å². The van der Waals surface area contributed by atoms with Gasteiger partial charge in [-0.25, -0.2) is 4.68 Å². The zero-order chi connectivity index (χ0) is 17.4. The van der Waals surface area contributed by atoms with Gasteiger partial charge in [-0.3, -0.25) is 4.79 Å². The highest BCUT2D eigenvalue weighted by Gasteiger charge is 2.32. The summed E-state index contributed by atoms with van der Waals surface area (Å²) in [6, 6.07) is 17.1. The molecule has 0 spiro atoms. The van der Waals surface area contributed by atoms with Crippen molar-refractivity contribution in [2.45, 2.75) is 25.5 Å². The fourth-order valence-electron chi connectivity index (χ4n) is 3.36. The average molecular weight is 333 g/mol. The largest absolute Gasteiger partial charge is 0.390 e. The number of hydrogen-bond donors (Lipinski definition) is 2. The maximum atomic E-state index is 12.7. The van der Waals surface area contributed by atoms with Gasteiger partial charge in [0.2, 0.25) is 0 Å². The van der Waals surface area contributed by atoms with E-state index in [-0.39, 0.29) is 11.9 Å². The highest BCUT2D eigenvalue weighted by Crippen LogP contribution is 2.31. The van der Waals surface area contributed by atoms with Crippen LogP contribution in [0.15, 0.2) is 60.8 Å². The second-order valence-electron chi connectivity index (χ2n) is 6.33. The van der Waals surface area contributed by atoms with E-state index < -0.39 is 6.10 Å². The van der Waals surface area contributed by atoms with E-state index in [0.717, 1.165) is 16.8 Å². The molecule has 0 aliphatic heterocycles. The van der Waals surface area contributed by atoms with Crippen LogP contribution in [0.3, 0.4) is 0 Å². The van der Waals surface area contributed by atoms with Gasteiger partial charge in [-0.15, -0.1) is 0 Å². The second-order valence-corrected chi connectivity index (χ2v) is 6.33. The number of aliphatic hydroxyl groups is 1. The van der Waals surface area contributed by atoms with Gasteiger partial charge >= 0.3 is 0 Å². The molecule has 25 heavy (non-hydrogen) atoms. The summed E-state index contributed by atoms with van der Waals surface area (Å²) in [5.41, 5.74) is 4.13. The van der Waals surface area contributed by atoms with E-state index in [1.165, 1.54) is 0 Å². The molecule has 0 saturated carbocycles. The van der Waals surface area contributed by atoms with Gasteiger partial charge in [-0.2, -0.15) is 5.10 Å². The molecule has 1 aromatic heterocycles. The van der Waals surface area contributed by atoms with Crippen LogP contribution < -0.4 is 5.32 Å². The van der Waals surface area contributed by atoms with Gasteiger partial charge in [-0.1, -0.05) is 42.5 Å². The maximum absolute atomic E-state index is 12.7. The number of hydrogen-bond acceptors (Lipinski definition) is 3. The maximum Gasteiger partial charge on any atom is 0.255 e. The minimum atomic E-state index is -0.606. The van der Waals surface area contributed by atoms with E-state index in [1.54, 1.807) is 10.9 Å². The van der Waals surface area contributed by atoms with Crippen LogP contribution in [0.5, 0.6) is 0 Å². The second kappa shape index (κ2) is 6.18. The lowest BCUT2D eigenvalue weighted by Crippen LogP contribution is -2.34. The number of aliphatic hydroxyl groups excluding tert-OH is 1. The zero-order valence-electron chi connectivity index (χ0n) is 13.9. The van der Waals surface area contributed by atoms with Crippen molar-refractivity contribution in [3.63, 3.8) is 0 Å². The molecule has 0 radical (unpaired) electrons. The Morgan fingerprint density at radius 3 is 2.68 bits per heavy atom. The SMILES string of the molecule is Cc1nn(-c2ccccc2)cc1C(=O)NC1c2ccccc2CC1O. The predicted molar refractivity (Wildman–Crippen MR) is 94.7 cm³/mol. The summed E-state index contributed by atoms with van der Waals surface area (Å²) >= 11 is 0. The van der Waals surface area contributed by atoms with Crippen LogP contribution in [0.2, 0.25) is 0 Å². The molecule has 2 unspecified atom stereocenters. The number of benzene rings is 2. The zero-order valence-corrected chi connectivity index (χ0v) is 13.9. The molecule has 4 rings (SSSR count). The molecule has 5 heteroatoms. The van der Waals surface area contributed by atoms with Crippen molar-refractivity contribution >= 4 is 5.91 Å². The number of fused-ring (bicyclic) bond motifs is 1. The third kappa shape index (κ3) is 2.83. The molecule has 1 heterocycles. The molecular weight excluding hydrogens is 314 g/mol. The molecule has 126 valence electrons. The van der Waals surface area contributed by atoms with Gasteiger partial charge in [0, 0.05) is 12.6 Å². The summed E-state index contributed by atoms with van der Waals surface area (Å²) in [6.07, 6.45) is 1.68. The molecule has 2 aromatic carbocycles. The highest BCUT2D eigenvalue weighted by molar-refractivity contribution is 5.95. The standard InChI is InChI=1S/C20H19N3O2/c1-13-17(12-23(22-13)15-8-3-2-4-9-15)20(25)21-19-16-10-6-5-7-14(16)11-18(19)24/h2-10,12,18-19,24H,11H2,1H3,(H,21,25). The molecule has 1 amide bonds.